The van der Waals surface area contributed by atoms with E-state index in [0.717, 1.165) is 26.2 Å². The SMILES string of the molecule is CCCN(CC)CCNCCOc1ccccc1C(=O)O. The van der Waals surface area contributed by atoms with Crippen molar-refractivity contribution in [2.45, 2.75) is 20.3 Å². The van der Waals surface area contributed by atoms with Crippen molar-refractivity contribution in [3.8, 4) is 5.75 Å². The highest BCUT2D eigenvalue weighted by molar-refractivity contribution is 5.90. The third-order valence-electron chi connectivity index (χ3n) is 3.25. The molecule has 0 aliphatic heterocycles. The number of ether oxygens (including phenoxy) is 1. The van der Waals surface area contributed by atoms with Crippen molar-refractivity contribution in [2.24, 2.45) is 0 Å². The first-order valence-electron chi connectivity index (χ1n) is 7.57. The lowest BCUT2D eigenvalue weighted by molar-refractivity contribution is 0.0692. The van der Waals surface area contributed by atoms with Gasteiger partial charge in [0.05, 0.1) is 0 Å². The summed E-state index contributed by atoms with van der Waals surface area (Å²) in [5.74, 6) is -0.537. The molecule has 0 atom stereocenters. The molecule has 0 saturated carbocycles. The van der Waals surface area contributed by atoms with Crippen LogP contribution in [0.2, 0.25) is 0 Å². The lowest BCUT2D eigenvalue weighted by atomic mass is 10.2. The molecule has 0 aliphatic rings. The second-order valence-electron chi connectivity index (χ2n) is 4.83. The summed E-state index contributed by atoms with van der Waals surface area (Å²) >= 11 is 0. The fourth-order valence-corrected chi connectivity index (χ4v) is 2.11. The number of hydrogen-bond acceptors (Lipinski definition) is 4. The molecule has 2 N–H and O–H groups in total. The van der Waals surface area contributed by atoms with Gasteiger partial charge in [0, 0.05) is 19.6 Å². The second-order valence-corrected chi connectivity index (χ2v) is 4.83. The standard InChI is InChI=1S/C16H26N2O3/c1-3-11-18(4-2)12-9-17-10-13-21-15-8-6-5-7-14(15)16(19)20/h5-8,17H,3-4,9-13H2,1-2H3,(H,19,20). The quantitative estimate of drug-likeness (QED) is 0.612. The average molecular weight is 294 g/mol. The fraction of sp³-hybridized carbons (Fsp3) is 0.562. The number of nitrogens with zero attached hydrogens (tertiary/aromatic N) is 1. The van der Waals surface area contributed by atoms with Crippen LogP contribution in [0.25, 0.3) is 0 Å². The third-order valence-corrected chi connectivity index (χ3v) is 3.25. The maximum atomic E-state index is 11.0. The Morgan fingerprint density at radius 1 is 1.24 bits per heavy atom. The van der Waals surface area contributed by atoms with Crippen LogP contribution in [0.4, 0.5) is 0 Å². The van der Waals surface area contributed by atoms with Crippen molar-refractivity contribution >= 4 is 5.97 Å². The molecule has 21 heavy (non-hydrogen) atoms. The molecular weight excluding hydrogens is 268 g/mol. The molecule has 1 aromatic rings. The lowest BCUT2D eigenvalue weighted by Crippen LogP contribution is -2.34. The monoisotopic (exact) mass is 294 g/mol. The predicted octanol–water partition coefficient (Wildman–Crippen LogP) is 2.09. The highest BCUT2D eigenvalue weighted by Crippen LogP contribution is 2.17. The van der Waals surface area contributed by atoms with Crippen LogP contribution in [0, 0.1) is 0 Å². The van der Waals surface area contributed by atoms with Crippen molar-refractivity contribution in [3.63, 3.8) is 0 Å². The number of likely N-dealkylation sites (N-methyl/N-ethyl adjacent to an activating group) is 1. The summed E-state index contributed by atoms with van der Waals surface area (Å²) < 4.78 is 5.52. The van der Waals surface area contributed by atoms with Gasteiger partial charge in [0.1, 0.15) is 17.9 Å². The van der Waals surface area contributed by atoms with Gasteiger partial charge in [-0.1, -0.05) is 26.0 Å². The van der Waals surface area contributed by atoms with Crippen LogP contribution in [0.15, 0.2) is 24.3 Å². The molecule has 0 spiro atoms. The Morgan fingerprint density at radius 2 is 2.00 bits per heavy atom. The van der Waals surface area contributed by atoms with Crippen molar-refractivity contribution < 1.29 is 14.6 Å². The van der Waals surface area contributed by atoms with E-state index >= 15 is 0 Å². The molecule has 0 aliphatic carbocycles. The van der Waals surface area contributed by atoms with E-state index in [-0.39, 0.29) is 5.56 Å². The number of carboxylic acid groups (broad SMARTS) is 1. The Labute approximate surface area is 126 Å². The van der Waals surface area contributed by atoms with Gasteiger partial charge in [-0.2, -0.15) is 0 Å². The van der Waals surface area contributed by atoms with Gasteiger partial charge in [-0.25, -0.2) is 4.79 Å². The molecule has 0 unspecified atom stereocenters. The van der Waals surface area contributed by atoms with Crippen LogP contribution < -0.4 is 10.1 Å². The number of rotatable bonds is 11. The van der Waals surface area contributed by atoms with E-state index in [1.54, 1.807) is 24.3 Å². The van der Waals surface area contributed by atoms with E-state index in [1.807, 2.05) is 0 Å². The molecule has 0 aromatic heterocycles. The van der Waals surface area contributed by atoms with E-state index in [1.165, 1.54) is 6.42 Å². The predicted molar refractivity (Wildman–Crippen MR) is 84.2 cm³/mol. The van der Waals surface area contributed by atoms with Gasteiger partial charge in [-0.3, -0.25) is 0 Å². The summed E-state index contributed by atoms with van der Waals surface area (Å²) in [7, 11) is 0. The maximum absolute atomic E-state index is 11.0. The number of para-hydroxylation sites is 1. The first-order valence-corrected chi connectivity index (χ1v) is 7.57. The molecule has 5 nitrogen and oxygen atoms in total. The summed E-state index contributed by atoms with van der Waals surface area (Å²) in [4.78, 5) is 13.4. The molecule has 0 heterocycles. The Hall–Kier alpha value is -1.59. The number of benzene rings is 1. The van der Waals surface area contributed by atoms with Crippen LogP contribution in [0.3, 0.4) is 0 Å². The van der Waals surface area contributed by atoms with E-state index in [9.17, 15) is 4.79 Å². The molecule has 0 bridgehead atoms. The van der Waals surface area contributed by atoms with Crippen LogP contribution in [0.5, 0.6) is 5.75 Å². The van der Waals surface area contributed by atoms with Crippen molar-refractivity contribution in [1.29, 1.82) is 0 Å². The Balaban J connectivity index is 2.21. The molecule has 1 aromatic carbocycles. The normalized spacial score (nSPS) is 10.8. The molecule has 5 heteroatoms. The van der Waals surface area contributed by atoms with Gasteiger partial charge < -0.3 is 20.1 Å². The van der Waals surface area contributed by atoms with Crippen molar-refractivity contribution in [2.75, 3.05) is 39.3 Å². The first kappa shape index (κ1) is 17.5. The molecule has 0 saturated heterocycles. The summed E-state index contributed by atoms with van der Waals surface area (Å²) in [6.45, 7) is 9.65. The first-order chi connectivity index (χ1) is 10.2. The number of carboxylic acids is 1. The average Bonchev–Trinajstić information content (AvgIpc) is 2.49. The highest BCUT2D eigenvalue weighted by Gasteiger charge is 2.09. The Bertz CT molecular complexity index is 424. The van der Waals surface area contributed by atoms with Gasteiger partial charge in [0.2, 0.25) is 0 Å². The molecular formula is C16H26N2O3. The Morgan fingerprint density at radius 3 is 2.67 bits per heavy atom. The number of hydrogen-bond donors (Lipinski definition) is 2. The third kappa shape index (κ3) is 6.60. The highest BCUT2D eigenvalue weighted by atomic mass is 16.5. The van der Waals surface area contributed by atoms with E-state index in [0.29, 0.717) is 18.9 Å². The van der Waals surface area contributed by atoms with E-state index < -0.39 is 5.97 Å². The van der Waals surface area contributed by atoms with Gasteiger partial charge >= 0.3 is 5.97 Å². The summed E-state index contributed by atoms with van der Waals surface area (Å²) in [6, 6.07) is 6.71. The second kappa shape index (κ2) is 10.2. The minimum absolute atomic E-state index is 0.206. The Kier molecular flexibility index (Phi) is 8.47. The topological polar surface area (TPSA) is 61.8 Å². The van der Waals surface area contributed by atoms with Crippen LogP contribution >= 0.6 is 0 Å². The minimum Gasteiger partial charge on any atom is -0.491 e. The zero-order valence-corrected chi connectivity index (χ0v) is 13.0. The summed E-state index contributed by atoms with van der Waals surface area (Å²) in [6.07, 6.45) is 1.17. The number of aromatic carboxylic acids is 1. The zero-order valence-electron chi connectivity index (χ0n) is 13.0. The van der Waals surface area contributed by atoms with E-state index in [4.69, 9.17) is 9.84 Å². The summed E-state index contributed by atoms with van der Waals surface area (Å²) in [5.41, 5.74) is 0.206. The van der Waals surface area contributed by atoms with E-state index in [2.05, 4.69) is 24.1 Å². The molecule has 0 fully saturated rings. The maximum Gasteiger partial charge on any atom is 0.339 e. The molecule has 0 amide bonds. The number of carbonyl (C=O) groups is 1. The van der Waals surface area contributed by atoms with Crippen molar-refractivity contribution in [1.82, 2.24) is 10.2 Å². The van der Waals surface area contributed by atoms with Crippen LogP contribution in [-0.2, 0) is 0 Å². The van der Waals surface area contributed by atoms with Crippen molar-refractivity contribution in [3.05, 3.63) is 29.8 Å². The van der Waals surface area contributed by atoms with Gasteiger partial charge in [0.25, 0.3) is 0 Å². The lowest BCUT2D eigenvalue weighted by Gasteiger charge is -2.19. The molecule has 118 valence electrons. The molecule has 0 radical (unpaired) electrons. The number of nitrogens with one attached hydrogen (secondary N) is 1. The van der Waals surface area contributed by atoms with Gasteiger partial charge in [0.15, 0.2) is 0 Å². The fourth-order valence-electron chi connectivity index (χ4n) is 2.11. The molecule has 1 rings (SSSR count). The summed E-state index contributed by atoms with van der Waals surface area (Å²) in [5, 5.41) is 12.4. The smallest absolute Gasteiger partial charge is 0.339 e. The minimum atomic E-state index is -0.961. The van der Waals surface area contributed by atoms with Gasteiger partial charge in [-0.05, 0) is 31.6 Å². The van der Waals surface area contributed by atoms with Crippen LogP contribution in [-0.4, -0.2) is 55.3 Å². The largest absolute Gasteiger partial charge is 0.491 e. The van der Waals surface area contributed by atoms with Crippen LogP contribution in [0.1, 0.15) is 30.6 Å². The van der Waals surface area contributed by atoms with Gasteiger partial charge in [-0.15, -0.1) is 0 Å². The zero-order chi connectivity index (χ0) is 15.5.